The van der Waals surface area contributed by atoms with Crippen LogP contribution in [0, 0.1) is 17.8 Å². The normalized spacial score (nSPS) is 13.3. The Hall–Kier alpha value is -1.91. The summed E-state index contributed by atoms with van der Waals surface area (Å²) < 4.78 is 10.8. The van der Waals surface area contributed by atoms with Crippen molar-refractivity contribution >= 4 is 17.7 Å². The predicted octanol–water partition coefficient (Wildman–Crippen LogP) is 7.77. The maximum absolute atomic E-state index is 12.8. The third-order valence-electron chi connectivity index (χ3n) is 6.20. The number of rotatable bonds is 20. The first-order chi connectivity index (χ1) is 16.6. The Balaban J connectivity index is 4.79. The number of ketones is 1. The summed E-state index contributed by atoms with van der Waals surface area (Å²) >= 11 is 0. The Bertz CT molecular complexity index is 622. The Kier molecular flexibility index (Phi) is 19.2. The molecule has 0 bridgehead atoms. The molecule has 0 rings (SSSR count). The number of unbranched alkanes of at least 4 members (excludes halogenated alkanes) is 3. The van der Waals surface area contributed by atoms with Crippen molar-refractivity contribution in [3.63, 3.8) is 0 Å². The van der Waals surface area contributed by atoms with Crippen LogP contribution in [0.5, 0.6) is 0 Å². The van der Waals surface area contributed by atoms with Crippen molar-refractivity contribution in [3.05, 3.63) is 23.3 Å². The molecule has 0 aliphatic carbocycles. The molecule has 0 aromatic rings. The fourth-order valence-corrected chi connectivity index (χ4v) is 3.72. The Labute approximate surface area is 215 Å². The summed E-state index contributed by atoms with van der Waals surface area (Å²) in [6.45, 7) is 15.1. The lowest BCUT2D eigenvalue weighted by molar-refractivity contribution is -0.165. The van der Waals surface area contributed by atoms with Crippen molar-refractivity contribution in [3.8, 4) is 0 Å². The maximum Gasteiger partial charge on any atom is 0.328 e. The Morgan fingerprint density at radius 2 is 1.14 bits per heavy atom. The van der Waals surface area contributed by atoms with E-state index in [0.29, 0.717) is 31.1 Å². The minimum absolute atomic E-state index is 0.201. The van der Waals surface area contributed by atoms with Crippen molar-refractivity contribution < 1.29 is 23.9 Å². The van der Waals surface area contributed by atoms with Crippen molar-refractivity contribution in [2.24, 2.45) is 17.8 Å². The van der Waals surface area contributed by atoms with Gasteiger partial charge >= 0.3 is 11.9 Å². The monoisotopic (exact) mass is 492 g/mol. The van der Waals surface area contributed by atoms with Gasteiger partial charge in [0.1, 0.15) is 0 Å². The summed E-state index contributed by atoms with van der Waals surface area (Å²) in [5.74, 6) is -2.59. The summed E-state index contributed by atoms with van der Waals surface area (Å²) in [6.07, 6.45) is 13.7. The average molecular weight is 493 g/mol. The molecular formula is C30H52O5. The van der Waals surface area contributed by atoms with E-state index in [-0.39, 0.29) is 25.4 Å². The third kappa shape index (κ3) is 18.1. The van der Waals surface area contributed by atoms with Gasteiger partial charge in [-0.3, -0.25) is 14.4 Å². The number of allylic oxidation sites excluding steroid dienone is 4. The maximum atomic E-state index is 12.8. The second kappa shape index (κ2) is 20.3. The molecule has 2 unspecified atom stereocenters. The highest BCUT2D eigenvalue weighted by Gasteiger charge is 2.36. The van der Waals surface area contributed by atoms with E-state index in [4.69, 9.17) is 9.47 Å². The van der Waals surface area contributed by atoms with E-state index in [1.165, 1.54) is 11.1 Å². The number of esters is 2. The van der Waals surface area contributed by atoms with E-state index in [2.05, 4.69) is 60.6 Å². The lowest BCUT2D eigenvalue weighted by Gasteiger charge is -2.17. The molecule has 0 saturated carbocycles. The predicted molar refractivity (Wildman–Crippen MR) is 144 cm³/mol. The lowest BCUT2D eigenvalue weighted by Crippen LogP contribution is -2.35. The zero-order valence-corrected chi connectivity index (χ0v) is 23.6. The van der Waals surface area contributed by atoms with Gasteiger partial charge in [-0.25, -0.2) is 0 Å². The second-order valence-electron chi connectivity index (χ2n) is 10.6. The minimum Gasteiger partial charge on any atom is -0.465 e. The zero-order chi connectivity index (χ0) is 26.6. The first-order valence-corrected chi connectivity index (χ1v) is 13.7. The number of Topliss-reactive ketones (excluding diaryl/α,β-unsaturated/α-hetero) is 1. The van der Waals surface area contributed by atoms with Gasteiger partial charge in [0.25, 0.3) is 0 Å². The largest absolute Gasteiger partial charge is 0.465 e. The smallest absolute Gasteiger partial charge is 0.328 e. The summed E-state index contributed by atoms with van der Waals surface area (Å²) in [4.78, 5) is 38.3. The number of carbonyl (C=O) groups is 3. The Morgan fingerprint density at radius 1 is 0.686 bits per heavy atom. The first-order valence-electron chi connectivity index (χ1n) is 13.7. The van der Waals surface area contributed by atoms with E-state index in [1.807, 2.05) is 0 Å². The van der Waals surface area contributed by atoms with Crippen LogP contribution in [0.1, 0.15) is 119 Å². The molecule has 35 heavy (non-hydrogen) atoms. The third-order valence-corrected chi connectivity index (χ3v) is 6.20. The topological polar surface area (TPSA) is 69.7 Å². The summed E-state index contributed by atoms with van der Waals surface area (Å²) in [6, 6.07) is 0. The Morgan fingerprint density at radius 3 is 1.54 bits per heavy atom. The zero-order valence-electron chi connectivity index (χ0n) is 23.6. The molecule has 0 N–H and O–H groups in total. The quantitative estimate of drug-likeness (QED) is 0.0751. The standard InChI is InChI=1S/C30H52O5/c1-8-9-10-11-18-27(31)28(29(32)34-21-19-25(6)16-12-14-23(2)3)30(33)35-22-20-26(7)17-13-15-24(4)5/h14-15,25-26,28H,8-13,16-22H2,1-7H3. The van der Waals surface area contributed by atoms with Crippen molar-refractivity contribution in [2.45, 2.75) is 119 Å². The molecule has 5 nitrogen and oxygen atoms in total. The van der Waals surface area contributed by atoms with E-state index in [0.717, 1.165) is 44.9 Å². The molecule has 0 fully saturated rings. The van der Waals surface area contributed by atoms with E-state index < -0.39 is 17.9 Å². The van der Waals surface area contributed by atoms with Crippen LogP contribution in [-0.4, -0.2) is 30.9 Å². The molecule has 0 spiro atoms. The van der Waals surface area contributed by atoms with Crippen LogP contribution >= 0.6 is 0 Å². The molecule has 0 amide bonds. The SMILES string of the molecule is CCCCCCC(=O)C(C(=O)OCCC(C)CCC=C(C)C)C(=O)OCCC(C)CCC=C(C)C. The van der Waals surface area contributed by atoms with Crippen LogP contribution in [-0.2, 0) is 23.9 Å². The molecule has 0 saturated heterocycles. The number of carbonyl (C=O) groups excluding carboxylic acids is 3. The molecule has 2 atom stereocenters. The molecule has 0 heterocycles. The van der Waals surface area contributed by atoms with E-state index in [1.54, 1.807) is 0 Å². The van der Waals surface area contributed by atoms with Gasteiger partial charge in [0.2, 0.25) is 5.92 Å². The molecular weight excluding hydrogens is 440 g/mol. The lowest BCUT2D eigenvalue weighted by atomic mass is 9.98. The number of hydrogen-bond acceptors (Lipinski definition) is 5. The van der Waals surface area contributed by atoms with Crippen LogP contribution in [0.4, 0.5) is 0 Å². The van der Waals surface area contributed by atoms with Crippen LogP contribution < -0.4 is 0 Å². The number of hydrogen-bond donors (Lipinski definition) is 0. The van der Waals surface area contributed by atoms with Crippen molar-refractivity contribution in [1.82, 2.24) is 0 Å². The summed E-state index contributed by atoms with van der Waals surface area (Å²) in [5.41, 5.74) is 2.59. The second-order valence-corrected chi connectivity index (χ2v) is 10.6. The highest BCUT2D eigenvalue weighted by atomic mass is 16.6. The fourth-order valence-electron chi connectivity index (χ4n) is 3.72. The summed E-state index contributed by atoms with van der Waals surface area (Å²) in [5, 5.41) is 0. The van der Waals surface area contributed by atoms with Gasteiger partial charge in [-0.1, -0.05) is 63.3 Å². The van der Waals surface area contributed by atoms with Crippen LogP contribution in [0.15, 0.2) is 23.3 Å². The van der Waals surface area contributed by atoms with Crippen molar-refractivity contribution in [2.75, 3.05) is 13.2 Å². The van der Waals surface area contributed by atoms with Crippen LogP contribution in [0.25, 0.3) is 0 Å². The number of ether oxygens (including phenoxy) is 2. The van der Waals surface area contributed by atoms with Crippen molar-refractivity contribution in [1.29, 1.82) is 0 Å². The molecule has 0 aromatic carbocycles. The highest BCUT2D eigenvalue weighted by Crippen LogP contribution is 2.17. The van der Waals surface area contributed by atoms with Gasteiger partial charge in [-0.15, -0.1) is 0 Å². The van der Waals surface area contributed by atoms with Gasteiger partial charge in [-0.05, 0) is 84.5 Å². The van der Waals surface area contributed by atoms with E-state index >= 15 is 0 Å². The molecule has 0 radical (unpaired) electrons. The van der Waals surface area contributed by atoms with Gasteiger partial charge in [-0.2, -0.15) is 0 Å². The van der Waals surface area contributed by atoms with Gasteiger partial charge in [0.05, 0.1) is 13.2 Å². The summed E-state index contributed by atoms with van der Waals surface area (Å²) in [7, 11) is 0. The fraction of sp³-hybridized carbons (Fsp3) is 0.767. The minimum atomic E-state index is -1.46. The average Bonchev–Trinajstić information content (AvgIpc) is 2.76. The van der Waals surface area contributed by atoms with Crippen LogP contribution in [0.3, 0.4) is 0 Å². The first kappa shape index (κ1) is 33.1. The van der Waals surface area contributed by atoms with Crippen LogP contribution in [0.2, 0.25) is 0 Å². The van der Waals surface area contributed by atoms with Gasteiger partial charge in [0.15, 0.2) is 5.78 Å². The molecule has 0 aliphatic rings. The molecule has 0 aromatic heterocycles. The highest BCUT2D eigenvalue weighted by molar-refractivity contribution is 6.14. The molecule has 0 aliphatic heterocycles. The molecule has 5 heteroatoms. The molecule has 202 valence electrons. The van der Waals surface area contributed by atoms with Gasteiger partial charge < -0.3 is 9.47 Å². The van der Waals surface area contributed by atoms with E-state index in [9.17, 15) is 14.4 Å². The van der Waals surface area contributed by atoms with Gasteiger partial charge in [0, 0.05) is 6.42 Å².